The second-order valence-corrected chi connectivity index (χ2v) is 4.84. The van der Waals surface area contributed by atoms with E-state index in [2.05, 4.69) is 0 Å². The Labute approximate surface area is 111 Å². The zero-order chi connectivity index (χ0) is 14.6. The van der Waals surface area contributed by atoms with Crippen LogP contribution in [0.1, 0.15) is 23.0 Å². The van der Waals surface area contributed by atoms with E-state index >= 15 is 0 Å². The van der Waals surface area contributed by atoms with Crippen LogP contribution in [0.25, 0.3) is 0 Å². The van der Waals surface area contributed by atoms with Gasteiger partial charge in [-0.3, -0.25) is 0 Å². The molecule has 2 atom stereocenters. The monoisotopic (exact) mass is 286 g/mol. The van der Waals surface area contributed by atoms with Gasteiger partial charge in [0.2, 0.25) is 0 Å². The number of benzene rings is 1. The zero-order valence-electron chi connectivity index (χ0n) is 10.1. The third-order valence-electron chi connectivity index (χ3n) is 3.89. The maximum absolute atomic E-state index is 13.9. The average Bonchev–Trinajstić information content (AvgIpc) is 2.49. The van der Waals surface area contributed by atoms with E-state index in [0.29, 0.717) is 11.1 Å². The second kappa shape index (κ2) is 4.43. The van der Waals surface area contributed by atoms with Crippen molar-refractivity contribution in [3.63, 3.8) is 0 Å². The van der Waals surface area contributed by atoms with Crippen LogP contribution in [0.15, 0.2) is 23.3 Å². The molecule has 0 radical (unpaired) electrons. The fourth-order valence-electron chi connectivity index (χ4n) is 2.96. The van der Waals surface area contributed by atoms with E-state index < -0.39 is 48.3 Å². The predicted octanol–water partition coefficient (Wildman–Crippen LogP) is 2.27. The lowest BCUT2D eigenvalue weighted by Crippen LogP contribution is -2.27. The molecule has 3 aliphatic rings. The molecule has 0 saturated heterocycles. The lowest BCUT2D eigenvalue weighted by Gasteiger charge is -2.36. The Hall–Kier alpha value is -1.66. The molecule has 1 aromatic rings. The normalized spacial score (nSPS) is 23.5. The van der Waals surface area contributed by atoms with Crippen molar-refractivity contribution in [1.29, 1.82) is 0 Å². The van der Waals surface area contributed by atoms with Crippen molar-refractivity contribution < 1.29 is 27.8 Å². The van der Waals surface area contributed by atoms with Crippen LogP contribution in [0.2, 0.25) is 0 Å². The summed E-state index contributed by atoms with van der Waals surface area (Å²) < 4.78 is 54.6. The molecule has 0 spiro atoms. The molecule has 2 N–H and O–H groups in total. The minimum atomic E-state index is -1.86. The summed E-state index contributed by atoms with van der Waals surface area (Å²) in [5.74, 6) is -8.36. The Morgan fingerprint density at radius 3 is 1.35 bits per heavy atom. The van der Waals surface area contributed by atoms with Crippen molar-refractivity contribution in [3.8, 4) is 0 Å². The van der Waals surface area contributed by atoms with Gasteiger partial charge in [-0.25, -0.2) is 17.6 Å². The van der Waals surface area contributed by atoms with Crippen LogP contribution >= 0.6 is 0 Å². The molecule has 0 heterocycles. The summed E-state index contributed by atoms with van der Waals surface area (Å²) in [6.45, 7) is -0.814. The van der Waals surface area contributed by atoms with Gasteiger partial charge in [-0.2, -0.15) is 0 Å². The number of hydrogen-bond acceptors (Lipinski definition) is 2. The highest BCUT2D eigenvalue weighted by molar-refractivity contribution is 5.58. The van der Waals surface area contributed by atoms with Crippen LogP contribution in [0.5, 0.6) is 0 Å². The molecule has 106 valence electrons. The molecule has 0 saturated carbocycles. The van der Waals surface area contributed by atoms with Crippen LogP contribution in [0, 0.1) is 23.3 Å². The van der Waals surface area contributed by atoms with Gasteiger partial charge in [0, 0.05) is 23.0 Å². The lowest BCUT2D eigenvalue weighted by molar-refractivity contribution is 0.307. The van der Waals surface area contributed by atoms with Crippen LogP contribution < -0.4 is 0 Å². The number of aliphatic hydroxyl groups excluding tert-OH is 2. The number of allylic oxidation sites excluding steroid dienone is 2. The first-order valence-electron chi connectivity index (χ1n) is 5.99. The van der Waals surface area contributed by atoms with Crippen molar-refractivity contribution >= 4 is 0 Å². The van der Waals surface area contributed by atoms with Crippen LogP contribution in [0.3, 0.4) is 0 Å². The van der Waals surface area contributed by atoms with Crippen molar-refractivity contribution in [2.45, 2.75) is 11.8 Å². The Morgan fingerprint density at radius 2 is 1.05 bits per heavy atom. The molecule has 1 aromatic carbocycles. The second-order valence-electron chi connectivity index (χ2n) is 4.84. The molecular weight excluding hydrogens is 276 g/mol. The molecule has 0 amide bonds. The van der Waals surface area contributed by atoms with Crippen molar-refractivity contribution in [2.75, 3.05) is 13.2 Å². The highest BCUT2D eigenvalue weighted by atomic mass is 19.2. The van der Waals surface area contributed by atoms with E-state index in [1.54, 1.807) is 0 Å². The maximum atomic E-state index is 13.9. The first kappa shape index (κ1) is 13.3. The van der Waals surface area contributed by atoms with Gasteiger partial charge in [-0.15, -0.1) is 0 Å². The third kappa shape index (κ3) is 1.52. The Bertz CT molecular complexity index is 607. The minimum absolute atomic E-state index is 0.296. The Kier molecular flexibility index (Phi) is 2.95. The summed E-state index contributed by atoms with van der Waals surface area (Å²) in [4.78, 5) is 0. The molecule has 2 nitrogen and oxygen atoms in total. The Balaban J connectivity index is 2.32. The SMILES string of the molecule is OCC1=CC2C(CO)=CC1c1c(F)c(F)c(F)c(F)c12. The third-order valence-corrected chi connectivity index (χ3v) is 3.89. The number of rotatable bonds is 2. The topological polar surface area (TPSA) is 40.5 Å². The summed E-state index contributed by atoms with van der Waals surface area (Å²) in [6, 6.07) is 0. The predicted molar refractivity (Wildman–Crippen MR) is 62.1 cm³/mol. The highest BCUT2D eigenvalue weighted by Gasteiger charge is 2.41. The molecule has 0 fully saturated rings. The molecule has 6 heteroatoms. The van der Waals surface area contributed by atoms with E-state index in [1.807, 2.05) is 0 Å². The van der Waals surface area contributed by atoms with Crippen LogP contribution in [-0.2, 0) is 0 Å². The molecule has 20 heavy (non-hydrogen) atoms. The molecule has 0 aromatic heterocycles. The first-order chi connectivity index (χ1) is 9.51. The molecular formula is C14H10F4O2. The molecule has 2 bridgehead atoms. The van der Waals surface area contributed by atoms with Gasteiger partial charge in [-0.05, 0) is 11.1 Å². The molecule has 4 rings (SSSR count). The van der Waals surface area contributed by atoms with Gasteiger partial charge in [0.25, 0.3) is 0 Å². The van der Waals surface area contributed by atoms with E-state index in [0.717, 1.165) is 0 Å². The van der Waals surface area contributed by atoms with Crippen LogP contribution in [0.4, 0.5) is 17.6 Å². The van der Waals surface area contributed by atoms with Gasteiger partial charge >= 0.3 is 0 Å². The molecule has 0 aliphatic heterocycles. The standard InChI is InChI=1S/C14H10F4O2/c15-11-9-7-1-5(3-19)8(2-6(7)4-20)10(9)12(16)14(18)13(11)17/h1-2,7-8,19-20H,3-4H2. The fraction of sp³-hybridized carbons (Fsp3) is 0.286. The minimum Gasteiger partial charge on any atom is -0.392 e. The van der Waals surface area contributed by atoms with E-state index in [1.165, 1.54) is 12.2 Å². The Morgan fingerprint density at radius 1 is 0.700 bits per heavy atom. The van der Waals surface area contributed by atoms with Gasteiger partial charge < -0.3 is 10.2 Å². The first-order valence-corrected chi connectivity index (χ1v) is 5.99. The number of aliphatic hydroxyl groups is 2. The van der Waals surface area contributed by atoms with E-state index in [-0.39, 0.29) is 11.1 Å². The van der Waals surface area contributed by atoms with Crippen molar-refractivity contribution in [3.05, 3.63) is 57.7 Å². The van der Waals surface area contributed by atoms with Crippen molar-refractivity contribution in [2.24, 2.45) is 0 Å². The van der Waals surface area contributed by atoms with Gasteiger partial charge in [0.15, 0.2) is 23.3 Å². The maximum Gasteiger partial charge on any atom is 0.197 e. The molecule has 3 aliphatic carbocycles. The average molecular weight is 286 g/mol. The smallest absolute Gasteiger partial charge is 0.197 e. The number of halogens is 4. The summed E-state index contributed by atoms with van der Waals surface area (Å²) in [7, 11) is 0. The quantitative estimate of drug-likeness (QED) is 0.379. The summed E-state index contributed by atoms with van der Waals surface area (Å²) in [5, 5.41) is 18.5. The summed E-state index contributed by atoms with van der Waals surface area (Å²) in [6.07, 6.45) is 2.91. The molecule has 2 unspecified atom stereocenters. The summed E-state index contributed by atoms with van der Waals surface area (Å²) >= 11 is 0. The lowest BCUT2D eigenvalue weighted by atomic mass is 9.68. The largest absolute Gasteiger partial charge is 0.392 e. The zero-order valence-corrected chi connectivity index (χ0v) is 10.1. The highest BCUT2D eigenvalue weighted by Crippen LogP contribution is 2.50. The van der Waals surface area contributed by atoms with Gasteiger partial charge in [0.1, 0.15) is 0 Å². The van der Waals surface area contributed by atoms with E-state index in [9.17, 15) is 27.8 Å². The van der Waals surface area contributed by atoms with E-state index in [4.69, 9.17) is 0 Å². The van der Waals surface area contributed by atoms with Gasteiger partial charge in [0.05, 0.1) is 13.2 Å². The fourth-order valence-corrected chi connectivity index (χ4v) is 2.96. The number of hydrogen-bond donors (Lipinski definition) is 2. The van der Waals surface area contributed by atoms with Crippen molar-refractivity contribution in [1.82, 2.24) is 0 Å². The van der Waals surface area contributed by atoms with Crippen LogP contribution in [-0.4, -0.2) is 23.4 Å². The summed E-state index contributed by atoms with van der Waals surface area (Å²) in [5.41, 5.74) is 0.165. The van der Waals surface area contributed by atoms with Gasteiger partial charge in [-0.1, -0.05) is 12.2 Å².